The number of nitrogens with one attached hydrogen (secondary N) is 1. The minimum Gasteiger partial charge on any atom is -0.480 e. The fourth-order valence-corrected chi connectivity index (χ4v) is 2.38. The molecule has 0 aliphatic heterocycles. The number of aromatic nitrogens is 1. The van der Waals surface area contributed by atoms with E-state index in [4.69, 9.17) is 11.2 Å². The zero-order chi connectivity index (χ0) is 17.5. The van der Waals surface area contributed by atoms with Crippen molar-refractivity contribution in [3.05, 3.63) is 72.1 Å². The van der Waals surface area contributed by atoms with Gasteiger partial charge in [-0.15, -0.1) is 6.42 Å². The van der Waals surface area contributed by atoms with Crippen LogP contribution in [0.1, 0.15) is 15.9 Å². The van der Waals surface area contributed by atoms with Gasteiger partial charge in [0.25, 0.3) is 5.91 Å². The second kappa shape index (κ2) is 7.75. The fraction of sp³-hybridized carbons (Fsp3) is 0.0500. The van der Waals surface area contributed by atoms with Crippen LogP contribution in [0.2, 0.25) is 0 Å². The van der Waals surface area contributed by atoms with Crippen molar-refractivity contribution in [2.75, 3.05) is 6.61 Å². The van der Waals surface area contributed by atoms with Crippen molar-refractivity contribution in [1.82, 2.24) is 10.4 Å². The van der Waals surface area contributed by atoms with E-state index in [1.54, 1.807) is 30.7 Å². The van der Waals surface area contributed by atoms with Crippen LogP contribution in [0.3, 0.4) is 0 Å². The van der Waals surface area contributed by atoms with Crippen LogP contribution in [0.5, 0.6) is 5.75 Å². The molecule has 0 radical (unpaired) electrons. The Morgan fingerprint density at radius 1 is 1.20 bits per heavy atom. The Kier molecular flexibility index (Phi) is 5.03. The van der Waals surface area contributed by atoms with Gasteiger partial charge >= 0.3 is 0 Å². The number of nitrogens with zero attached hydrogens (tertiary/aromatic N) is 2. The molecular weight excluding hydrogens is 314 g/mol. The highest BCUT2D eigenvalue weighted by Gasteiger charge is 2.07. The molecule has 0 aliphatic rings. The van der Waals surface area contributed by atoms with Gasteiger partial charge in [0.1, 0.15) is 12.4 Å². The highest BCUT2D eigenvalue weighted by molar-refractivity contribution is 6.03. The van der Waals surface area contributed by atoms with Crippen LogP contribution in [-0.4, -0.2) is 23.7 Å². The maximum absolute atomic E-state index is 12.0. The quantitative estimate of drug-likeness (QED) is 0.445. The molecule has 5 nitrogen and oxygen atoms in total. The van der Waals surface area contributed by atoms with E-state index in [-0.39, 0.29) is 12.5 Å². The van der Waals surface area contributed by atoms with Gasteiger partial charge in [-0.05, 0) is 29.0 Å². The van der Waals surface area contributed by atoms with Crippen LogP contribution in [0.25, 0.3) is 10.8 Å². The topological polar surface area (TPSA) is 63.6 Å². The molecule has 122 valence electrons. The molecule has 1 amide bonds. The molecule has 0 atom stereocenters. The van der Waals surface area contributed by atoms with Crippen molar-refractivity contribution in [3.8, 4) is 18.1 Å². The summed E-state index contributed by atoms with van der Waals surface area (Å²) in [5.41, 5.74) is 3.74. The van der Waals surface area contributed by atoms with Crippen molar-refractivity contribution in [3.63, 3.8) is 0 Å². The lowest BCUT2D eigenvalue weighted by Gasteiger charge is -2.09. The van der Waals surface area contributed by atoms with Gasteiger partial charge in [0, 0.05) is 23.5 Å². The van der Waals surface area contributed by atoms with E-state index in [1.807, 2.05) is 36.4 Å². The Morgan fingerprint density at radius 3 is 2.80 bits per heavy atom. The molecule has 0 unspecified atom stereocenters. The average Bonchev–Trinajstić information content (AvgIpc) is 2.67. The monoisotopic (exact) mass is 329 g/mol. The number of hydrogen-bond donors (Lipinski definition) is 1. The van der Waals surface area contributed by atoms with Crippen LogP contribution in [0.15, 0.2) is 66.0 Å². The molecule has 2 aromatic carbocycles. The normalized spacial score (nSPS) is 10.5. The maximum Gasteiger partial charge on any atom is 0.271 e. The standard InChI is InChI=1S/C20H15N3O2/c1-2-13-25-19-8-7-15-5-3-4-6-17(15)18(19)14-22-23-20(24)16-9-11-21-12-10-16/h1,3-12,14H,13H2,(H,23,24)/b22-14-. The molecule has 0 bridgehead atoms. The van der Waals surface area contributed by atoms with Gasteiger partial charge in [0.2, 0.25) is 0 Å². The Labute approximate surface area is 145 Å². The van der Waals surface area contributed by atoms with Crippen LogP contribution in [-0.2, 0) is 0 Å². The predicted octanol–water partition coefficient (Wildman–Crippen LogP) is 3.01. The molecule has 1 N–H and O–H groups in total. The summed E-state index contributed by atoms with van der Waals surface area (Å²) in [6, 6.07) is 14.9. The summed E-state index contributed by atoms with van der Waals surface area (Å²) in [5, 5.41) is 6.06. The van der Waals surface area contributed by atoms with Crippen molar-refractivity contribution in [2.45, 2.75) is 0 Å². The molecule has 0 saturated heterocycles. The number of pyridine rings is 1. The number of hydrazone groups is 1. The highest BCUT2D eigenvalue weighted by atomic mass is 16.5. The number of amides is 1. The fourth-order valence-electron chi connectivity index (χ4n) is 2.38. The Balaban J connectivity index is 1.88. The third-order valence-electron chi connectivity index (χ3n) is 3.54. The maximum atomic E-state index is 12.0. The van der Waals surface area contributed by atoms with Gasteiger partial charge in [-0.2, -0.15) is 5.10 Å². The number of terminal acetylenes is 1. The van der Waals surface area contributed by atoms with Gasteiger partial charge in [-0.3, -0.25) is 9.78 Å². The first-order valence-electron chi connectivity index (χ1n) is 7.61. The molecular formula is C20H15N3O2. The van der Waals surface area contributed by atoms with Gasteiger partial charge in [-0.25, -0.2) is 5.43 Å². The van der Waals surface area contributed by atoms with Crippen molar-refractivity contribution in [1.29, 1.82) is 0 Å². The summed E-state index contributed by atoms with van der Waals surface area (Å²) in [4.78, 5) is 15.9. The van der Waals surface area contributed by atoms with Gasteiger partial charge in [-0.1, -0.05) is 36.3 Å². The molecule has 1 heterocycles. The number of ether oxygens (including phenoxy) is 1. The minimum absolute atomic E-state index is 0.155. The summed E-state index contributed by atoms with van der Waals surface area (Å²) in [6.07, 6.45) is 9.94. The van der Waals surface area contributed by atoms with E-state index < -0.39 is 0 Å². The number of hydrogen-bond acceptors (Lipinski definition) is 4. The van der Waals surface area contributed by atoms with Gasteiger partial charge < -0.3 is 4.74 Å². The van der Waals surface area contributed by atoms with E-state index in [0.717, 1.165) is 16.3 Å². The third-order valence-corrected chi connectivity index (χ3v) is 3.54. The lowest BCUT2D eigenvalue weighted by Crippen LogP contribution is -2.17. The van der Waals surface area contributed by atoms with Crippen LogP contribution < -0.4 is 10.2 Å². The predicted molar refractivity (Wildman–Crippen MR) is 97.6 cm³/mol. The molecule has 0 aliphatic carbocycles. The van der Waals surface area contributed by atoms with Crippen molar-refractivity contribution in [2.24, 2.45) is 5.10 Å². The summed E-state index contributed by atoms with van der Waals surface area (Å²) >= 11 is 0. The molecule has 3 aromatic rings. The zero-order valence-corrected chi connectivity index (χ0v) is 13.3. The molecule has 0 saturated carbocycles. The Morgan fingerprint density at radius 2 is 2.00 bits per heavy atom. The summed E-state index contributed by atoms with van der Waals surface area (Å²) in [6.45, 7) is 0.155. The Hall–Kier alpha value is -3.65. The first-order chi connectivity index (χ1) is 12.3. The largest absolute Gasteiger partial charge is 0.480 e. The van der Waals surface area contributed by atoms with Gasteiger partial charge in [0.05, 0.1) is 6.21 Å². The number of fused-ring (bicyclic) bond motifs is 1. The van der Waals surface area contributed by atoms with E-state index in [1.165, 1.54) is 0 Å². The minimum atomic E-state index is -0.315. The van der Waals surface area contributed by atoms with Crippen molar-refractivity contribution >= 4 is 22.9 Å². The molecule has 3 rings (SSSR count). The zero-order valence-electron chi connectivity index (χ0n) is 13.3. The molecule has 25 heavy (non-hydrogen) atoms. The number of carbonyl (C=O) groups is 1. The Bertz CT molecular complexity index is 960. The second-order valence-corrected chi connectivity index (χ2v) is 5.13. The van der Waals surface area contributed by atoms with Crippen molar-refractivity contribution < 1.29 is 9.53 Å². The van der Waals surface area contributed by atoms with Gasteiger partial charge in [0.15, 0.2) is 0 Å². The molecule has 1 aromatic heterocycles. The summed E-state index contributed by atoms with van der Waals surface area (Å²) in [5.74, 6) is 2.74. The van der Waals surface area contributed by atoms with Crippen LogP contribution in [0.4, 0.5) is 0 Å². The second-order valence-electron chi connectivity index (χ2n) is 5.13. The number of benzene rings is 2. The van der Waals surface area contributed by atoms with E-state index in [9.17, 15) is 4.79 Å². The smallest absolute Gasteiger partial charge is 0.271 e. The van der Waals surface area contributed by atoms with E-state index >= 15 is 0 Å². The number of carbonyl (C=O) groups excluding carboxylic acids is 1. The summed E-state index contributed by atoms with van der Waals surface area (Å²) in [7, 11) is 0. The highest BCUT2D eigenvalue weighted by Crippen LogP contribution is 2.26. The third kappa shape index (κ3) is 3.82. The molecule has 5 heteroatoms. The van der Waals surface area contributed by atoms with E-state index in [0.29, 0.717) is 11.3 Å². The SMILES string of the molecule is C#CCOc1ccc2ccccc2c1/C=N\NC(=O)c1ccncc1. The van der Waals surface area contributed by atoms with Crippen LogP contribution in [0, 0.1) is 12.3 Å². The van der Waals surface area contributed by atoms with Crippen LogP contribution >= 0.6 is 0 Å². The number of rotatable bonds is 5. The first-order valence-corrected chi connectivity index (χ1v) is 7.61. The lowest BCUT2D eigenvalue weighted by atomic mass is 10.0. The lowest BCUT2D eigenvalue weighted by molar-refractivity contribution is 0.0955. The average molecular weight is 329 g/mol. The summed E-state index contributed by atoms with van der Waals surface area (Å²) < 4.78 is 5.59. The molecule has 0 fully saturated rings. The molecule has 0 spiro atoms. The first kappa shape index (κ1) is 16.2. The van der Waals surface area contributed by atoms with E-state index in [2.05, 4.69) is 21.4 Å².